The molecule has 0 aliphatic carbocycles. The van der Waals surface area contributed by atoms with Crippen LogP contribution < -0.4 is 5.32 Å². The van der Waals surface area contributed by atoms with Gasteiger partial charge in [-0.2, -0.15) is 22.0 Å². The van der Waals surface area contributed by atoms with Gasteiger partial charge in [-0.05, 0) is 19.4 Å². The van der Waals surface area contributed by atoms with E-state index in [-0.39, 0.29) is 12.4 Å². The molecule has 19 heavy (non-hydrogen) atoms. The molecule has 0 radical (unpaired) electrons. The second-order valence-electron chi connectivity index (χ2n) is 4.14. The molecule has 0 amide bonds. The zero-order valence-electron chi connectivity index (χ0n) is 10.3. The molecular formula is C12H15ClF5N. The number of hydrogen-bond donors (Lipinski definition) is 1. The quantitative estimate of drug-likeness (QED) is 0.816. The van der Waals surface area contributed by atoms with Crippen molar-refractivity contribution >= 4 is 12.4 Å². The van der Waals surface area contributed by atoms with E-state index in [0.29, 0.717) is 5.56 Å². The Bertz CT molecular complexity index is 379. The molecular weight excluding hydrogens is 289 g/mol. The lowest BCUT2D eigenvalue weighted by atomic mass is 10.1. The van der Waals surface area contributed by atoms with Gasteiger partial charge < -0.3 is 5.32 Å². The van der Waals surface area contributed by atoms with E-state index in [1.807, 2.05) is 0 Å². The molecule has 1 aromatic carbocycles. The molecule has 1 N–H and O–H groups in total. The van der Waals surface area contributed by atoms with Crippen LogP contribution in [0.1, 0.15) is 25.5 Å². The highest BCUT2D eigenvalue weighted by Crippen LogP contribution is 2.38. The van der Waals surface area contributed by atoms with E-state index < -0.39 is 24.2 Å². The van der Waals surface area contributed by atoms with Crippen molar-refractivity contribution in [3.05, 3.63) is 35.9 Å². The number of nitrogens with one attached hydrogen (secondary N) is 1. The molecule has 110 valence electrons. The number of rotatable bonds is 4. The third-order valence-electron chi connectivity index (χ3n) is 2.72. The van der Waals surface area contributed by atoms with Crippen LogP contribution in [-0.2, 0) is 0 Å². The van der Waals surface area contributed by atoms with Gasteiger partial charge in [-0.25, -0.2) is 0 Å². The second kappa shape index (κ2) is 6.52. The Morgan fingerprint density at radius 1 is 0.947 bits per heavy atom. The monoisotopic (exact) mass is 303 g/mol. The fraction of sp³-hybridized carbons (Fsp3) is 0.500. The molecule has 1 unspecified atom stereocenters. The first-order valence-corrected chi connectivity index (χ1v) is 5.41. The molecule has 0 aliphatic heterocycles. The van der Waals surface area contributed by atoms with E-state index in [2.05, 4.69) is 5.32 Å². The van der Waals surface area contributed by atoms with Gasteiger partial charge in [-0.15, -0.1) is 12.4 Å². The van der Waals surface area contributed by atoms with Gasteiger partial charge in [0, 0.05) is 6.04 Å². The van der Waals surface area contributed by atoms with E-state index in [1.165, 1.54) is 6.92 Å². The zero-order chi connectivity index (χ0) is 14.0. The van der Waals surface area contributed by atoms with Gasteiger partial charge in [-0.1, -0.05) is 30.3 Å². The third kappa shape index (κ3) is 4.31. The molecule has 0 saturated carbocycles. The Kier molecular flexibility index (Phi) is 6.22. The molecule has 1 rings (SSSR count). The first kappa shape index (κ1) is 18.1. The maximum Gasteiger partial charge on any atom is 0.454 e. The Hall–Kier alpha value is -0.880. The van der Waals surface area contributed by atoms with Gasteiger partial charge in [0.2, 0.25) is 0 Å². The van der Waals surface area contributed by atoms with Crippen LogP contribution in [0, 0.1) is 0 Å². The molecule has 0 aromatic heterocycles. The summed E-state index contributed by atoms with van der Waals surface area (Å²) < 4.78 is 62.5. The zero-order valence-corrected chi connectivity index (χ0v) is 11.2. The standard InChI is InChI=1S/C12H14F5N.ClH/c1-8(10-6-4-3-5-7-10)18-9(2)11(13,14)12(15,16)17;/h3-9,18H,1-2H3;1H/t8-,9?;/m0./s1. The molecule has 0 aliphatic rings. The molecule has 0 spiro atoms. The molecule has 1 nitrogen and oxygen atoms in total. The van der Waals surface area contributed by atoms with Crippen molar-refractivity contribution in [1.82, 2.24) is 5.32 Å². The van der Waals surface area contributed by atoms with Crippen molar-refractivity contribution in [1.29, 1.82) is 0 Å². The second-order valence-corrected chi connectivity index (χ2v) is 4.14. The average molecular weight is 304 g/mol. The van der Waals surface area contributed by atoms with Gasteiger partial charge in [0.1, 0.15) is 0 Å². The van der Waals surface area contributed by atoms with Gasteiger partial charge in [0.05, 0.1) is 6.04 Å². The van der Waals surface area contributed by atoms with E-state index >= 15 is 0 Å². The molecule has 2 atom stereocenters. The van der Waals surface area contributed by atoms with Crippen LogP contribution in [-0.4, -0.2) is 18.1 Å². The summed E-state index contributed by atoms with van der Waals surface area (Å²) in [5.74, 6) is -4.75. The summed E-state index contributed by atoms with van der Waals surface area (Å²) in [6.45, 7) is 2.37. The van der Waals surface area contributed by atoms with Crippen LogP contribution in [0.5, 0.6) is 0 Å². The largest absolute Gasteiger partial charge is 0.454 e. The highest BCUT2D eigenvalue weighted by molar-refractivity contribution is 5.85. The average Bonchev–Trinajstić information content (AvgIpc) is 2.28. The molecule has 7 heteroatoms. The summed E-state index contributed by atoms with van der Waals surface area (Å²) >= 11 is 0. The molecule has 1 aromatic rings. The van der Waals surface area contributed by atoms with Crippen LogP contribution in [0.4, 0.5) is 22.0 Å². The Morgan fingerprint density at radius 2 is 1.42 bits per heavy atom. The van der Waals surface area contributed by atoms with E-state index in [1.54, 1.807) is 30.3 Å². The van der Waals surface area contributed by atoms with Crippen LogP contribution in [0.15, 0.2) is 30.3 Å². The highest BCUT2D eigenvalue weighted by atomic mass is 35.5. The maximum absolute atomic E-state index is 13.0. The third-order valence-corrected chi connectivity index (χ3v) is 2.72. The van der Waals surface area contributed by atoms with Crippen molar-refractivity contribution in [2.45, 2.75) is 38.0 Å². The minimum Gasteiger partial charge on any atom is -0.302 e. The topological polar surface area (TPSA) is 12.0 Å². The minimum atomic E-state index is -5.55. The lowest BCUT2D eigenvalue weighted by Gasteiger charge is -2.29. The first-order valence-electron chi connectivity index (χ1n) is 5.41. The van der Waals surface area contributed by atoms with Crippen LogP contribution in [0.25, 0.3) is 0 Å². The molecule has 0 heterocycles. The normalized spacial score (nSPS) is 15.5. The molecule has 0 bridgehead atoms. The number of benzene rings is 1. The van der Waals surface area contributed by atoms with Gasteiger partial charge in [-0.3, -0.25) is 0 Å². The van der Waals surface area contributed by atoms with Crippen LogP contribution in [0.2, 0.25) is 0 Å². The fourth-order valence-corrected chi connectivity index (χ4v) is 1.56. The van der Waals surface area contributed by atoms with Crippen LogP contribution in [0.3, 0.4) is 0 Å². The number of hydrogen-bond acceptors (Lipinski definition) is 1. The Labute approximate surface area is 114 Å². The smallest absolute Gasteiger partial charge is 0.302 e. The predicted molar refractivity (Wildman–Crippen MR) is 65.7 cm³/mol. The summed E-state index contributed by atoms with van der Waals surface area (Å²) in [5.41, 5.74) is 0.655. The van der Waals surface area contributed by atoms with E-state index in [9.17, 15) is 22.0 Å². The van der Waals surface area contributed by atoms with Crippen molar-refractivity contribution in [2.75, 3.05) is 0 Å². The minimum absolute atomic E-state index is 0. The summed E-state index contributed by atoms with van der Waals surface area (Å²) in [4.78, 5) is 0. The van der Waals surface area contributed by atoms with Crippen molar-refractivity contribution in [3.63, 3.8) is 0 Å². The molecule has 0 saturated heterocycles. The lowest BCUT2D eigenvalue weighted by Crippen LogP contribution is -2.52. The SMILES string of the molecule is CC(N[C@@H](C)c1ccccc1)C(F)(F)C(F)(F)F.Cl. The van der Waals surface area contributed by atoms with Gasteiger partial charge >= 0.3 is 12.1 Å². The van der Waals surface area contributed by atoms with Crippen molar-refractivity contribution in [3.8, 4) is 0 Å². The number of alkyl halides is 5. The summed E-state index contributed by atoms with van der Waals surface area (Å²) in [5, 5.41) is 2.27. The van der Waals surface area contributed by atoms with Crippen molar-refractivity contribution in [2.24, 2.45) is 0 Å². The fourth-order valence-electron chi connectivity index (χ4n) is 1.56. The summed E-state index contributed by atoms with van der Waals surface area (Å²) in [6, 6.07) is 5.87. The highest BCUT2D eigenvalue weighted by Gasteiger charge is 2.60. The maximum atomic E-state index is 13.0. The Morgan fingerprint density at radius 3 is 1.84 bits per heavy atom. The Balaban J connectivity index is 0.00000324. The lowest BCUT2D eigenvalue weighted by molar-refractivity contribution is -0.291. The first-order chi connectivity index (χ1) is 8.16. The van der Waals surface area contributed by atoms with Gasteiger partial charge in [0.25, 0.3) is 0 Å². The van der Waals surface area contributed by atoms with E-state index in [0.717, 1.165) is 6.92 Å². The van der Waals surface area contributed by atoms with Crippen molar-refractivity contribution < 1.29 is 22.0 Å². The van der Waals surface area contributed by atoms with Crippen LogP contribution >= 0.6 is 12.4 Å². The predicted octanol–water partition coefficient (Wildman–Crippen LogP) is 4.35. The van der Waals surface area contributed by atoms with E-state index in [4.69, 9.17) is 0 Å². The van der Waals surface area contributed by atoms with Gasteiger partial charge in [0.15, 0.2) is 0 Å². The summed E-state index contributed by atoms with van der Waals surface area (Å²) in [6.07, 6.45) is -5.55. The summed E-state index contributed by atoms with van der Waals surface area (Å²) in [7, 11) is 0. The molecule has 0 fully saturated rings. The number of halogens is 6.